The fourth-order valence-corrected chi connectivity index (χ4v) is 1.63. The van der Waals surface area contributed by atoms with Gasteiger partial charge in [-0.15, -0.1) is 0 Å². The van der Waals surface area contributed by atoms with Crippen LogP contribution in [0, 0.1) is 19.3 Å². The predicted molar refractivity (Wildman–Crippen MR) is 72.5 cm³/mol. The van der Waals surface area contributed by atoms with Gasteiger partial charge in [0.1, 0.15) is 0 Å². The standard InChI is InChI=1S/C13H19N3O4/c1-7-9(8(2)16-12(20)15-7)5-10(17)14-6-13(3,4)11(18)19/h5-6H2,1-4H3,(H,14,17)(H,18,19)(H,15,16,20). The van der Waals surface area contributed by atoms with Crippen molar-refractivity contribution in [1.29, 1.82) is 0 Å². The van der Waals surface area contributed by atoms with Crippen LogP contribution in [0.15, 0.2) is 4.79 Å². The van der Waals surface area contributed by atoms with E-state index in [2.05, 4.69) is 15.3 Å². The summed E-state index contributed by atoms with van der Waals surface area (Å²) in [6.45, 7) is 6.46. The largest absolute Gasteiger partial charge is 0.481 e. The number of aryl methyl sites for hydroxylation is 2. The van der Waals surface area contributed by atoms with Crippen molar-refractivity contribution in [2.24, 2.45) is 5.41 Å². The molecule has 20 heavy (non-hydrogen) atoms. The highest BCUT2D eigenvalue weighted by Crippen LogP contribution is 2.13. The molecule has 0 atom stereocenters. The zero-order valence-corrected chi connectivity index (χ0v) is 12.0. The number of aliphatic carboxylic acids is 1. The molecule has 1 aromatic rings. The number of nitrogens with one attached hydrogen (secondary N) is 2. The predicted octanol–water partition coefficient (Wildman–Crippen LogP) is 0.156. The van der Waals surface area contributed by atoms with E-state index in [0.29, 0.717) is 17.0 Å². The van der Waals surface area contributed by atoms with Gasteiger partial charge >= 0.3 is 11.7 Å². The van der Waals surface area contributed by atoms with Crippen LogP contribution in [-0.4, -0.2) is 33.5 Å². The maximum Gasteiger partial charge on any atom is 0.345 e. The maximum absolute atomic E-state index is 11.8. The molecule has 0 aromatic carbocycles. The molecule has 0 radical (unpaired) electrons. The SMILES string of the molecule is Cc1nc(=O)[nH]c(C)c1CC(=O)NCC(C)(C)C(=O)O. The zero-order valence-electron chi connectivity index (χ0n) is 12.0. The van der Waals surface area contributed by atoms with Gasteiger partial charge in [-0.2, -0.15) is 4.98 Å². The molecule has 1 rings (SSSR count). The second kappa shape index (κ2) is 5.85. The molecule has 110 valence electrons. The normalized spacial score (nSPS) is 11.2. The Morgan fingerprint density at radius 1 is 1.35 bits per heavy atom. The monoisotopic (exact) mass is 281 g/mol. The first-order valence-corrected chi connectivity index (χ1v) is 6.20. The molecule has 7 nitrogen and oxygen atoms in total. The van der Waals surface area contributed by atoms with Crippen molar-refractivity contribution in [3.63, 3.8) is 0 Å². The first-order chi connectivity index (χ1) is 9.13. The highest BCUT2D eigenvalue weighted by Gasteiger charge is 2.27. The highest BCUT2D eigenvalue weighted by molar-refractivity contribution is 5.80. The van der Waals surface area contributed by atoms with E-state index in [1.54, 1.807) is 13.8 Å². The summed E-state index contributed by atoms with van der Waals surface area (Å²) in [5.74, 6) is -1.28. The number of rotatable bonds is 5. The summed E-state index contributed by atoms with van der Waals surface area (Å²) in [5.41, 5.74) is 0.267. The number of carbonyl (C=O) groups excluding carboxylic acids is 1. The number of amides is 1. The number of aromatic amines is 1. The minimum atomic E-state index is -1.02. The second-order valence-electron chi connectivity index (χ2n) is 5.37. The van der Waals surface area contributed by atoms with Gasteiger partial charge in [0.2, 0.25) is 5.91 Å². The number of H-pyrrole nitrogens is 1. The summed E-state index contributed by atoms with van der Waals surface area (Å²) >= 11 is 0. The van der Waals surface area contributed by atoms with Crippen molar-refractivity contribution in [2.75, 3.05) is 6.54 Å². The van der Waals surface area contributed by atoms with E-state index < -0.39 is 17.1 Å². The van der Waals surface area contributed by atoms with Gasteiger partial charge in [0.15, 0.2) is 0 Å². The van der Waals surface area contributed by atoms with Gasteiger partial charge in [-0.05, 0) is 27.7 Å². The molecule has 1 aromatic heterocycles. The highest BCUT2D eigenvalue weighted by atomic mass is 16.4. The van der Waals surface area contributed by atoms with Crippen LogP contribution in [0.1, 0.15) is 30.8 Å². The van der Waals surface area contributed by atoms with Crippen LogP contribution >= 0.6 is 0 Å². The molecule has 0 saturated heterocycles. The van der Waals surface area contributed by atoms with Gasteiger partial charge in [-0.1, -0.05) is 0 Å². The second-order valence-corrected chi connectivity index (χ2v) is 5.37. The molecule has 0 bridgehead atoms. The third kappa shape index (κ3) is 3.91. The van der Waals surface area contributed by atoms with Crippen LogP contribution in [0.2, 0.25) is 0 Å². The lowest BCUT2D eigenvalue weighted by molar-refractivity contribution is -0.146. The van der Waals surface area contributed by atoms with Crippen LogP contribution in [0.4, 0.5) is 0 Å². The summed E-state index contributed by atoms with van der Waals surface area (Å²) in [6.07, 6.45) is 0.0527. The van der Waals surface area contributed by atoms with Gasteiger partial charge in [-0.3, -0.25) is 9.59 Å². The molecule has 3 N–H and O–H groups in total. The Balaban J connectivity index is 2.73. The molecule has 0 fully saturated rings. The average molecular weight is 281 g/mol. The summed E-state index contributed by atoms with van der Waals surface area (Å²) in [7, 11) is 0. The van der Waals surface area contributed by atoms with Crippen molar-refractivity contribution in [1.82, 2.24) is 15.3 Å². The number of carboxylic acid groups (broad SMARTS) is 1. The van der Waals surface area contributed by atoms with E-state index in [9.17, 15) is 14.4 Å². The molecule has 0 aliphatic heterocycles. The van der Waals surface area contributed by atoms with E-state index >= 15 is 0 Å². The van der Waals surface area contributed by atoms with Gasteiger partial charge in [0, 0.05) is 23.5 Å². The number of hydrogen-bond acceptors (Lipinski definition) is 4. The van der Waals surface area contributed by atoms with Crippen LogP contribution in [0.25, 0.3) is 0 Å². The number of hydrogen-bond donors (Lipinski definition) is 3. The van der Waals surface area contributed by atoms with Crippen molar-refractivity contribution < 1.29 is 14.7 Å². The fraction of sp³-hybridized carbons (Fsp3) is 0.538. The molecule has 0 saturated carbocycles. The number of nitrogens with zero attached hydrogens (tertiary/aromatic N) is 1. The Hall–Kier alpha value is -2.18. The Kier molecular flexibility index (Phi) is 4.65. The van der Waals surface area contributed by atoms with Crippen molar-refractivity contribution >= 4 is 11.9 Å². The van der Waals surface area contributed by atoms with E-state index in [1.807, 2.05) is 0 Å². The third-order valence-corrected chi connectivity index (χ3v) is 3.10. The van der Waals surface area contributed by atoms with Crippen LogP contribution in [0.3, 0.4) is 0 Å². The van der Waals surface area contributed by atoms with Crippen LogP contribution < -0.4 is 11.0 Å². The Bertz CT molecular complexity index is 564. The lowest BCUT2D eigenvalue weighted by Gasteiger charge is -2.19. The first-order valence-electron chi connectivity index (χ1n) is 6.20. The Labute approximate surface area is 116 Å². The van der Waals surface area contributed by atoms with Crippen LogP contribution in [-0.2, 0) is 16.0 Å². The van der Waals surface area contributed by atoms with Crippen molar-refractivity contribution in [3.05, 3.63) is 27.4 Å². The minimum Gasteiger partial charge on any atom is -0.481 e. The lowest BCUT2D eigenvalue weighted by atomic mass is 9.94. The van der Waals surface area contributed by atoms with E-state index in [0.717, 1.165) is 0 Å². The quantitative estimate of drug-likeness (QED) is 0.711. The van der Waals surface area contributed by atoms with Crippen molar-refractivity contribution in [3.8, 4) is 0 Å². The molecule has 1 heterocycles. The maximum atomic E-state index is 11.8. The van der Waals surface area contributed by atoms with E-state index in [4.69, 9.17) is 5.11 Å². The van der Waals surface area contributed by atoms with Gasteiger partial charge in [0.05, 0.1) is 11.8 Å². The molecular formula is C13H19N3O4. The van der Waals surface area contributed by atoms with Crippen LogP contribution in [0.5, 0.6) is 0 Å². The van der Waals surface area contributed by atoms with Gasteiger partial charge < -0.3 is 15.4 Å². The van der Waals surface area contributed by atoms with Gasteiger partial charge in [0.25, 0.3) is 0 Å². The summed E-state index contributed by atoms with van der Waals surface area (Å²) in [5, 5.41) is 11.5. The zero-order chi connectivity index (χ0) is 15.5. The first kappa shape index (κ1) is 15.9. The minimum absolute atomic E-state index is 0.0377. The fourth-order valence-electron chi connectivity index (χ4n) is 1.63. The van der Waals surface area contributed by atoms with Gasteiger partial charge in [-0.25, -0.2) is 4.79 Å². The third-order valence-electron chi connectivity index (χ3n) is 3.10. The molecule has 0 unspecified atom stereocenters. The molecule has 0 aliphatic carbocycles. The summed E-state index contributed by atoms with van der Waals surface area (Å²) in [4.78, 5) is 40.2. The van der Waals surface area contributed by atoms with E-state index in [-0.39, 0.29) is 18.9 Å². The summed E-state index contributed by atoms with van der Waals surface area (Å²) < 4.78 is 0. The number of aromatic nitrogens is 2. The smallest absolute Gasteiger partial charge is 0.345 e. The van der Waals surface area contributed by atoms with E-state index in [1.165, 1.54) is 13.8 Å². The molecule has 0 aliphatic rings. The summed E-state index contributed by atoms with van der Waals surface area (Å²) in [6, 6.07) is 0. The molecule has 0 spiro atoms. The number of carboxylic acids is 1. The Morgan fingerprint density at radius 2 is 1.95 bits per heavy atom. The van der Waals surface area contributed by atoms with Crippen molar-refractivity contribution in [2.45, 2.75) is 34.1 Å². The Morgan fingerprint density at radius 3 is 2.45 bits per heavy atom. The molecule has 7 heteroatoms. The molecular weight excluding hydrogens is 262 g/mol. The topological polar surface area (TPSA) is 112 Å². The number of carbonyl (C=O) groups is 2. The molecule has 1 amide bonds. The lowest BCUT2D eigenvalue weighted by Crippen LogP contribution is -2.39. The average Bonchev–Trinajstić information content (AvgIpc) is 2.31.